The zero-order valence-corrected chi connectivity index (χ0v) is 16.0. The molecule has 7 heteroatoms. The average Bonchev–Trinajstić information content (AvgIpc) is 3.35. The second-order valence-electron chi connectivity index (χ2n) is 7.67. The highest BCUT2D eigenvalue weighted by Crippen LogP contribution is 2.43. The van der Waals surface area contributed by atoms with E-state index in [0.717, 1.165) is 31.4 Å². The van der Waals surface area contributed by atoms with Crippen LogP contribution in [0.2, 0.25) is 0 Å². The first kappa shape index (κ1) is 18.7. The summed E-state index contributed by atoms with van der Waals surface area (Å²) in [6, 6.07) is 8.17. The minimum atomic E-state index is -0.742. The Morgan fingerprint density at radius 1 is 1.32 bits per heavy atom. The maximum Gasteiger partial charge on any atom is 0.292 e. The summed E-state index contributed by atoms with van der Waals surface area (Å²) in [5, 5.41) is 2.90. The van der Waals surface area contributed by atoms with Gasteiger partial charge in [-0.1, -0.05) is 19.4 Å². The van der Waals surface area contributed by atoms with Gasteiger partial charge in [-0.25, -0.2) is 0 Å². The molecule has 1 saturated carbocycles. The van der Waals surface area contributed by atoms with Gasteiger partial charge in [-0.15, -0.1) is 0 Å². The summed E-state index contributed by atoms with van der Waals surface area (Å²) in [4.78, 5) is 32.0. The number of furan rings is 1. The van der Waals surface area contributed by atoms with Crippen molar-refractivity contribution >= 4 is 11.8 Å². The quantitative estimate of drug-likeness (QED) is 0.878. The highest BCUT2D eigenvalue weighted by molar-refractivity contribution is 5.96. The summed E-state index contributed by atoms with van der Waals surface area (Å²) in [7, 11) is 0. The fourth-order valence-electron chi connectivity index (χ4n) is 4.32. The van der Waals surface area contributed by atoms with E-state index in [4.69, 9.17) is 9.15 Å². The number of carbonyl (C=O) groups is 2. The molecule has 2 amide bonds. The smallest absolute Gasteiger partial charge is 0.292 e. The molecule has 1 saturated heterocycles. The number of hydrogen-bond acceptors (Lipinski definition) is 5. The molecule has 3 heterocycles. The van der Waals surface area contributed by atoms with Crippen molar-refractivity contribution in [1.29, 1.82) is 0 Å². The lowest BCUT2D eigenvalue weighted by Crippen LogP contribution is -2.57. The first-order valence-corrected chi connectivity index (χ1v) is 9.78. The Labute approximate surface area is 164 Å². The molecular weight excluding hydrogens is 358 g/mol. The van der Waals surface area contributed by atoms with Gasteiger partial charge < -0.3 is 14.5 Å². The zero-order chi connectivity index (χ0) is 19.6. The molecule has 2 aromatic rings. The molecule has 7 nitrogen and oxygen atoms in total. The average molecular weight is 383 g/mol. The molecule has 1 spiro atoms. The second kappa shape index (κ2) is 7.75. The molecule has 2 fully saturated rings. The molecule has 2 aromatic heterocycles. The minimum absolute atomic E-state index is 0.188. The van der Waals surface area contributed by atoms with Crippen LogP contribution in [0, 0.1) is 5.92 Å². The summed E-state index contributed by atoms with van der Waals surface area (Å²) in [6.07, 6.45) is 6.68. The highest BCUT2D eigenvalue weighted by Gasteiger charge is 2.54. The van der Waals surface area contributed by atoms with E-state index in [1.807, 2.05) is 18.2 Å². The van der Waals surface area contributed by atoms with Gasteiger partial charge in [0.1, 0.15) is 11.8 Å². The lowest BCUT2D eigenvalue weighted by molar-refractivity contribution is -0.128. The van der Waals surface area contributed by atoms with E-state index >= 15 is 0 Å². The van der Waals surface area contributed by atoms with Gasteiger partial charge in [-0.3, -0.25) is 19.5 Å². The normalized spacial score (nSPS) is 27.1. The van der Waals surface area contributed by atoms with Crippen LogP contribution in [-0.2, 0) is 16.1 Å². The molecule has 28 heavy (non-hydrogen) atoms. The molecule has 0 bridgehead atoms. The third kappa shape index (κ3) is 3.54. The van der Waals surface area contributed by atoms with Crippen molar-refractivity contribution in [2.24, 2.45) is 5.92 Å². The van der Waals surface area contributed by atoms with E-state index < -0.39 is 11.8 Å². The van der Waals surface area contributed by atoms with E-state index in [2.05, 4.69) is 17.2 Å². The number of rotatable bonds is 4. The van der Waals surface area contributed by atoms with Crippen LogP contribution in [0.15, 0.2) is 47.2 Å². The topological polar surface area (TPSA) is 84.7 Å². The van der Waals surface area contributed by atoms with Crippen LogP contribution in [0.5, 0.6) is 0 Å². The number of hydrogen-bond donors (Lipinski definition) is 1. The number of carbonyl (C=O) groups excluding carboxylic acids is 2. The number of ether oxygens (including phenoxy) is 1. The summed E-state index contributed by atoms with van der Waals surface area (Å²) >= 11 is 0. The number of nitrogens with one attached hydrogen (secondary N) is 1. The van der Waals surface area contributed by atoms with E-state index in [9.17, 15) is 9.59 Å². The third-order valence-corrected chi connectivity index (χ3v) is 5.62. The SMILES string of the molecule is CC1CCCC2(C1)OCC(C(=O)NCc1ccccn1)N2C(=O)c1ccco1. The first-order valence-electron chi connectivity index (χ1n) is 9.78. The Balaban J connectivity index is 1.56. The maximum absolute atomic E-state index is 13.2. The van der Waals surface area contributed by atoms with Gasteiger partial charge in [0.15, 0.2) is 5.76 Å². The van der Waals surface area contributed by atoms with Crippen molar-refractivity contribution in [2.75, 3.05) is 6.61 Å². The Kier molecular flexibility index (Phi) is 5.17. The lowest BCUT2D eigenvalue weighted by Gasteiger charge is -2.43. The molecule has 1 N–H and O–H groups in total. The first-order chi connectivity index (χ1) is 13.6. The monoisotopic (exact) mass is 383 g/mol. The van der Waals surface area contributed by atoms with Crippen LogP contribution in [0.4, 0.5) is 0 Å². The van der Waals surface area contributed by atoms with Crippen molar-refractivity contribution in [3.05, 3.63) is 54.2 Å². The van der Waals surface area contributed by atoms with E-state index in [1.165, 1.54) is 6.26 Å². The Morgan fingerprint density at radius 3 is 2.93 bits per heavy atom. The summed E-state index contributed by atoms with van der Waals surface area (Å²) in [5.41, 5.74) is 0.0221. The molecule has 3 atom stereocenters. The molecule has 3 unspecified atom stereocenters. The predicted octanol–water partition coefficient (Wildman–Crippen LogP) is 2.74. The van der Waals surface area contributed by atoms with Crippen LogP contribution in [-0.4, -0.2) is 40.1 Å². The van der Waals surface area contributed by atoms with E-state index in [-0.39, 0.29) is 24.2 Å². The fourth-order valence-corrected chi connectivity index (χ4v) is 4.32. The lowest BCUT2D eigenvalue weighted by atomic mass is 9.83. The molecule has 1 aliphatic carbocycles. The number of aromatic nitrogens is 1. The van der Waals surface area contributed by atoms with Gasteiger partial charge in [0.25, 0.3) is 5.91 Å². The standard InChI is InChI=1S/C21H25N3O4/c1-15-6-4-9-21(12-15)24(20(26)18-8-5-11-27-18)17(14-28-21)19(25)23-13-16-7-2-3-10-22-16/h2-3,5,7-8,10-11,15,17H,4,6,9,12-14H2,1H3,(H,23,25). The van der Waals surface area contributed by atoms with Crippen LogP contribution in [0.25, 0.3) is 0 Å². The van der Waals surface area contributed by atoms with Crippen molar-refractivity contribution < 1.29 is 18.7 Å². The number of amides is 2. The minimum Gasteiger partial charge on any atom is -0.459 e. The third-order valence-electron chi connectivity index (χ3n) is 5.62. The van der Waals surface area contributed by atoms with Crippen molar-refractivity contribution in [1.82, 2.24) is 15.2 Å². The molecule has 0 aromatic carbocycles. The fraction of sp³-hybridized carbons (Fsp3) is 0.476. The van der Waals surface area contributed by atoms with Crippen molar-refractivity contribution in [3.8, 4) is 0 Å². The van der Waals surface area contributed by atoms with Crippen molar-refractivity contribution in [2.45, 2.75) is 50.9 Å². The molecule has 2 aliphatic rings. The van der Waals surface area contributed by atoms with Crippen LogP contribution < -0.4 is 5.32 Å². The second-order valence-corrected chi connectivity index (χ2v) is 7.67. The van der Waals surface area contributed by atoms with E-state index in [0.29, 0.717) is 12.5 Å². The summed E-state index contributed by atoms with van der Waals surface area (Å²) in [5.74, 6) is 0.122. The summed E-state index contributed by atoms with van der Waals surface area (Å²) < 4.78 is 11.5. The molecule has 1 aliphatic heterocycles. The zero-order valence-electron chi connectivity index (χ0n) is 16.0. The van der Waals surface area contributed by atoms with Gasteiger partial charge in [-0.05, 0) is 49.4 Å². The molecule has 4 rings (SSSR count). The Bertz CT molecular complexity index is 823. The summed E-state index contributed by atoms with van der Waals surface area (Å²) in [6.45, 7) is 2.66. The predicted molar refractivity (Wildman–Crippen MR) is 101 cm³/mol. The Morgan fingerprint density at radius 2 is 2.21 bits per heavy atom. The van der Waals surface area contributed by atoms with Crippen LogP contribution in [0.3, 0.4) is 0 Å². The maximum atomic E-state index is 13.2. The van der Waals surface area contributed by atoms with E-state index in [1.54, 1.807) is 23.2 Å². The van der Waals surface area contributed by atoms with Crippen LogP contribution >= 0.6 is 0 Å². The van der Waals surface area contributed by atoms with Gasteiger partial charge in [0, 0.05) is 6.20 Å². The highest BCUT2D eigenvalue weighted by atomic mass is 16.5. The largest absolute Gasteiger partial charge is 0.459 e. The number of pyridine rings is 1. The molecule has 0 radical (unpaired) electrons. The van der Waals surface area contributed by atoms with Gasteiger partial charge >= 0.3 is 0 Å². The van der Waals surface area contributed by atoms with Gasteiger partial charge in [0.05, 0.1) is 25.1 Å². The molecular formula is C21H25N3O4. The van der Waals surface area contributed by atoms with Gasteiger partial charge in [0.2, 0.25) is 5.91 Å². The Hall–Kier alpha value is -2.67. The van der Waals surface area contributed by atoms with Gasteiger partial charge in [-0.2, -0.15) is 0 Å². The van der Waals surface area contributed by atoms with Crippen molar-refractivity contribution in [3.63, 3.8) is 0 Å². The van der Waals surface area contributed by atoms with Crippen LogP contribution in [0.1, 0.15) is 48.9 Å². The number of nitrogens with zero attached hydrogens (tertiary/aromatic N) is 2. The molecule has 148 valence electrons.